The van der Waals surface area contributed by atoms with E-state index in [2.05, 4.69) is 36.6 Å². The number of aliphatic hydroxyl groups is 4. The fourth-order valence-electron chi connectivity index (χ4n) is 10.6. The minimum atomic E-state index is -0.752. The Morgan fingerprint density at radius 1 is 0.551 bits per heavy atom. The third kappa shape index (κ3) is 13.7. The van der Waals surface area contributed by atoms with E-state index < -0.39 is 24.4 Å². The van der Waals surface area contributed by atoms with Crippen LogP contribution in [0.1, 0.15) is 118 Å². The predicted molar refractivity (Wildman–Crippen MR) is 275 cm³/mol. The van der Waals surface area contributed by atoms with Gasteiger partial charge in [0.1, 0.15) is 11.5 Å². The number of nitrogens with one attached hydrogen (secondary N) is 2. The van der Waals surface area contributed by atoms with Gasteiger partial charge in [0, 0.05) is 58.1 Å². The molecule has 8 rings (SSSR count). The first-order valence-electron chi connectivity index (χ1n) is 24.7. The number of benzene rings is 2. The van der Waals surface area contributed by atoms with Crippen LogP contribution in [0.2, 0.25) is 10.0 Å². The normalized spacial score (nSPS) is 17.3. The summed E-state index contributed by atoms with van der Waals surface area (Å²) in [7, 11) is 3.24. The van der Waals surface area contributed by atoms with Gasteiger partial charge in [-0.05, 0) is 188 Å². The maximum absolute atomic E-state index is 11.3. The lowest BCUT2D eigenvalue weighted by Crippen LogP contribution is -2.44. The Morgan fingerprint density at radius 3 is 1.41 bits per heavy atom. The van der Waals surface area contributed by atoms with Gasteiger partial charge in [0.25, 0.3) is 0 Å². The molecule has 2 aliphatic rings. The summed E-state index contributed by atoms with van der Waals surface area (Å²) in [6.45, 7) is 3.53. The summed E-state index contributed by atoms with van der Waals surface area (Å²) in [5.41, 5.74) is 4.63. The first kappa shape index (κ1) is 52.3. The van der Waals surface area contributed by atoms with Crippen molar-refractivity contribution in [2.45, 2.75) is 121 Å². The molecule has 69 heavy (non-hydrogen) atoms. The van der Waals surface area contributed by atoms with Gasteiger partial charge in [-0.1, -0.05) is 41.8 Å². The van der Waals surface area contributed by atoms with Crippen molar-refractivity contribution in [2.24, 2.45) is 10.8 Å². The lowest BCUT2D eigenvalue weighted by molar-refractivity contribution is -0.0212. The van der Waals surface area contributed by atoms with E-state index in [1.54, 1.807) is 26.6 Å². The van der Waals surface area contributed by atoms with Gasteiger partial charge >= 0.3 is 0 Å². The molecule has 0 amide bonds. The number of hydrogen-bond donors (Lipinski definition) is 6. The summed E-state index contributed by atoms with van der Waals surface area (Å²) in [5, 5.41) is 54.5. The van der Waals surface area contributed by atoms with Gasteiger partial charge in [-0.15, -0.1) is 0 Å². The largest absolute Gasteiger partial charge is 0.497 e. The molecule has 0 aliphatic carbocycles. The summed E-state index contributed by atoms with van der Waals surface area (Å²) in [4.78, 5) is 17.6. The zero-order valence-corrected chi connectivity index (χ0v) is 41.6. The monoisotopic (exact) mass is 980 g/mol. The summed E-state index contributed by atoms with van der Waals surface area (Å²) >= 11 is 13.0. The van der Waals surface area contributed by atoms with Gasteiger partial charge < -0.3 is 40.5 Å². The molecule has 2 fully saturated rings. The molecule has 2 saturated heterocycles. The Kier molecular flexibility index (Phi) is 19.4. The van der Waals surface area contributed by atoms with Crippen molar-refractivity contribution in [3.05, 3.63) is 130 Å². The van der Waals surface area contributed by atoms with Gasteiger partial charge in [0.05, 0.1) is 59.7 Å². The minimum Gasteiger partial charge on any atom is -0.497 e. The molecule has 4 atom stereocenters. The zero-order chi connectivity index (χ0) is 48.6. The van der Waals surface area contributed by atoms with Crippen LogP contribution in [0.15, 0.2) is 97.6 Å². The van der Waals surface area contributed by atoms with Gasteiger partial charge in [-0.2, -0.15) is 0 Å². The second-order valence-corrected chi connectivity index (χ2v) is 19.8. The summed E-state index contributed by atoms with van der Waals surface area (Å²) in [6, 6.07) is 23.2. The van der Waals surface area contributed by atoms with E-state index in [-0.39, 0.29) is 10.8 Å². The van der Waals surface area contributed by atoms with E-state index in [0.29, 0.717) is 45.5 Å². The molecule has 4 aromatic heterocycles. The standard InChI is InChI=1S/C28H36ClN3O3.C27H34ClN3O3/c1-35-21-9-10-24-22(18-21)27(23(29)19-32-24)25(33)11-12-28(13-16-30-17-14-28)26(34)8-3-2-6-20-7-4-5-15-31-20;1-34-20-8-9-23-21(17-20)26(22(28)18-31-23)24(32)10-11-27(12-15-29-16-13-27)25(33)7-4-6-19-5-2-3-14-30-19/h4-5,7,9-10,15,18-19,25-26,30,33-34H,2-3,6,8,11-14,16-17H2,1H3;2-3,5,8-9,14,17-18,24-25,29,32-33H,4,6-7,10-13,15-16H2,1H3/t25-,26+;24-,25+/m11/s1. The highest BCUT2D eigenvalue weighted by molar-refractivity contribution is 6.32. The lowest BCUT2D eigenvalue weighted by Gasteiger charge is -2.42. The molecular formula is C55H70Cl2N6O6. The van der Waals surface area contributed by atoms with E-state index >= 15 is 0 Å². The number of aryl methyl sites for hydroxylation is 2. The molecule has 370 valence electrons. The van der Waals surface area contributed by atoms with Crippen molar-refractivity contribution in [1.82, 2.24) is 30.6 Å². The highest BCUT2D eigenvalue weighted by Gasteiger charge is 2.40. The van der Waals surface area contributed by atoms with E-state index in [0.717, 1.165) is 143 Å². The van der Waals surface area contributed by atoms with Gasteiger partial charge in [0.15, 0.2) is 0 Å². The first-order chi connectivity index (χ1) is 33.5. The number of nitrogens with zero attached hydrogens (tertiary/aromatic N) is 4. The number of ether oxygens (including phenoxy) is 2. The van der Waals surface area contributed by atoms with Crippen LogP contribution in [-0.2, 0) is 12.8 Å². The van der Waals surface area contributed by atoms with E-state index in [1.165, 1.54) is 0 Å². The van der Waals surface area contributed by atoms with Crippen LogP contribution in [0, 0.1) is 10.8 Å². The Bertz CT molecular complexity index is 2510. The quantitative estimate of drug-likeness (QED) is 0.0377. The van der Waals surface area contributed by atoms with Crippen molar-refractivity contribution in [3.63, 3.8) is 0 Å². The van der Waals surface area contributed by atoms with Crippen molar-refractivity contribution < 1.29 is 29.9 Å². The summed E-state index contributed by atoms with van der Waals surface area (Å²) in [5.74, 6) is 1.40. The summed E-state index contributed by atoms with van der Waals surface area (Å²) in [6.07, 6.45) is 16.7. The van der Waals surface area contributed by atoms with E-state index in [9.17, 15) is 20.4 Å². The van der Waals surface area contributed by atoms with Gasteiger partial charge in [0.2, 0.25) is 0 Å². The molecule has 12 nitrogen and oxygen atoms in total. The van der Waals surface area contributed by atoms with Crippen LogP contribution < -0.4 is 20.1 Å². The fourth-order valence-corrected chi connectivity index (χ4v) is 11.1. The molecule has 0 bridgehead atoms. The Hall–Kier alpha value is -4.50. The second kappa shape index (κ2) is 25.6. The highest BCUT2D eigenvalue weighted by Crippen LogP contribution is 2.45. The number of fused-ring (bicyclic) bond motifs is 2. The third-order valence-corrected chi connectivity index (χ3v) is 15.4. The molecule has 14 heteroatoms. The number of aromatic nitrogens is 4. The van der Waals surface area contributed by atoms with Crippen LogP contribution in [0.25, 0.3) is 21.8 Å². The van der Waals surface area contributed by atoms with Crippen LogP contribution in [0.4, 0.5) is 0 Å². The molecule has 6 heterocycles. The van der Waals surface area contributed by atoms with Gasteiger partial charge in [-0.3, -0.25) is 19.9 Å². The van der Waals surface area contributed by atoms with Crippen molar-refractivity contribution in [1.29, 1.82) is 0 Å². The second-order valence-electron chi connectivity index (χ2n) is 19.0. The minimum absolute atomic E-state index is 0.204. The molecule has 0 saturated carbocycles. The number of rotatable bonds is 21. The number of piperidine rings is 2. The van der Waals surface area contributed by atoms with Crippen molar-refractivity contribution >= 4 is 45.0 Å². The maximum atomic E-state index is 11.3. The van der Waals surface area contributed by atoms with Gasteiger partial charge in [-0.25, -0.2) is 0 Å². The fraction of sp³-hybridized carbons (Fsp3) is 0.491. The maximum Gasteiger partial charge on any atom is 0.119 e. The number of unbranched alkanes of at least 4 members (excludes halogenated alkanes) is 1. The highest BCUT2D eigenvalue weighted by atomic mass is 35.5. The third-order valence-electron chi connectivity index (χ3n) is 14.8. The van der Waals surface area contributed by atoms with Crippen LogP contribution in [0.3, 0.4) is 0 Å². The average Bonchev–Trinajstić information content (AvgIpc) is 3.39. The Labute approximate surface area is 417 Å². The average molecular weight is 982 g/mol. The molecule has 0 radical (unpaired) electrons. The molecular weight excluding hydrogens is 912 g/mol. The molecule has 2 aromatic carbocycles. The number of halogens is 2. The van der Waals surface area contributed by atoms with E-state index in [4.69, 9.17) is 32.7 Å². The van der Waals surface area contributed by atoms with Crippen LogP contribution in [-0.4, -0.2) is 93.0 Å². The number of aliphatic hydroxyl groups excluding tert-OH is 4. The molecule has 6 N–H and O–H groups in total. The Morgan fingerprint density at radius 2 is 0.986 bits per heavy atom. The smallest absolute Gasteiger partial charge is 0.119 e. The number of methoxy groups -OCH3 is 2. The molecule has 0 spiro atoms. The topological polar surface area (TPSA) is 175 Å². The van der Waals surface area contributed by atoms with E-state index in [1.807, 2.05) is 79.1 Å². The zero-order valence-electron chi connectivity index (χ0n) is 40.1. The van der Waals surface area contributed by atoms with Crippen LogP contribution >= 0.6 is 23.2 Å². The Balaban J connectivity index is 0.000000204. The summed E-state index contributed by atoms with van der Waals surface area (Å²) < 4.78 is 10.8. The first-order valence-corrected chi connectivity index (χ1v) is 25.5. The SMILES string of the molecule is COc1ccc2ncc(Cl)c([C@H](O)CCC3([C@@H](O)CCCCc4ccccn4)CCNCC3)c2c1.COc1ccc2ncc(Cl)c([C@H](O)CCC3([C@@H](O)CCCc4ccccn4)CCNCC3)c2c1. The lowest BCUT2D eigenvalue weighted by atomic mass is 9.69. The van der Waals surface area contributed by atoms with Crippen molar-refractivity contribution in [3.8, 4) is 11.5 Å². The predicted octanol–water partition coefficient (Wildman–Crippen LogP) is 10.1. The molecule has 0 unspecified atom stereocenters. The number of pyridine rings is 4. The molecule has 2 aliphatic heterocycles. The molecule has 6 aromatic rings. The van der Waals surface area contributed by atoms with Crippen LogP contribution in [0.5, 0.6) is 11.5 Å². The van der Waals surface area contributed by atoms with Crippen molar-refractivity contribution in [2.75, 3.05) is 40.4 Å². The number of hydrogen-bond acceptors (Lipinski definition) is 12.